The molecule has 1 fully saturated rings. The lowest BCUT2D eigenvalue weighted by atomic mass is 10.1. The summed E-state index contributed by atoms with van der Waals surface area (Å²) in [4.78, 5) is 25.6. The van der Waals surface area contributed by atoms with Gasteiger partial charge in [-0.25, -0.2) is 4.98 Å². The van der Waals surface area contributed by atoms with Gasteiger partial charge in [0.1, 0.15) is 0 Å². The van der Waals surface area contributed by atoms with E-state index >= 15 is 0 Å². The highest BCUT2D eigenvalue weighted by molar-refractivity contribution is 5.85. The van der Waals surface area contributed by atoms with Crippen molar-refractivity contribution >= 4 is 22.8 Å². The van der Waals surface area contributed by atoms with Crippen molar-refractivity contribution in [2.24, 2.45) is 7.05 Å². The predicted molar refractivity (Wildman–Crippen MR) is 113 cm³/mol. The molecular weight excluding hydrogens is 366 g/mol. The van der Waals surface area contributed by atoms with E-state index in [1.807, 2.05) is 17.9 Å². The van der Waals surface area contributed by atoms with Gasteiger partial charge >= 0.3 is 0 Å². The number of piperazine rings is 1. The van der Waals surface area contributed by atoms with Crippen molar-refractivity contribution in [3.05, 3.63) is 48.3 Å². The number of amides is 1. The fraction of sp³-hybridized carbons (Fsp3) is 0.409. The second-order valence-corrected chi connectivity index (χ2v) is 7.28. The zero-order chi connectivity index (χ0) is 20.2. The number of anilines is 1. The van der Waals surface area contributed by atoms with Crippen LogP contribution in [0.5, 0.6) is 5.88 Å². The van der Waals surface area contributed by atoms with Crippen molar-refractivity contribution in [3.63, 3.8) is 0 Å². The number of para-hydroxylation sites is 1. The zero-order valence-corrected chi connectivity index (χ0v) is 17.0. The molecule has 29 heavy (non-hydrogen) atoms. The largest absolute Gasteiger partial charge is 0.478 e. The van der Waals surface area contributed by atoms with E-state index in [0.717, 1.165) is 19.5 Å². The Kier molecular flexibility index (Phi) is 5.64. The minimum atomic E-state index is 0.210. The third kappa shape index (κ3) is 4.18. The van der Waals surface area contributed by atoms with Gasteiger partial charge in [-0.3, -0.25) is 4.79 Å². The van der Waals surface area contributed by atoms with Gasteiger partial charge in [0.05, 0.1) is 6.61 Å². The molecule has 0 saturated carbocycles. The first-order valence-electron chi connectivity index (χ1n) is 10.2. The summed E-state index contributed by atoms with van der Waals surface area (Å²) in [5.41, 5.74) is 2.44. The summed E-state index contributed by atoms with van der Waals surface area (Å²) in [6, 6.07) is 10.1. The molecule has 3 heterocycles. The van der Waals surface area contributed by atoms with Crippen LogP contribution >= 0.6 is 0 Å². The lowest BCUT2D eigenvalue weighted by Crippen LogP contribution is -2.49. The van der Waals surface area contributed by atoms with E-state index in [2.05, 4.69) is 50.9 Å². The molecule has 1 aliphatic rings. The number of aryl methyl sites for hydroxylation is 2. The van der Waals surface area contributed by atoms with Crippen molar-refractivity contribution in [1.82, 2.24) is 19.4 Å². The predicted octanol–water partition coefficient (Wildman–Crippen LogP) is 2.65. The molecule has 0 spiro atoms. The van der Waals surface area contributed by atoms with Crippen molar-refractivity contribution in [2.75, 3.05) is 37.7 Å². The lowest BCUT2D eigenvalue weighted by Gasteiger charge is -2.34. The number of carbonyl (C=O) groups excluding carboxylic acids is 1. The van der Waals surface area contributed by atoms with Gasteiger partial charge in [-0.2, -0.15) is 4.98 Å². The van der Waals surface area contributed by atoms with E-state index in [9.17, 15) is 4.79 Å². The maximum Gasteiger partial charge on any atom is 0.228 e. The summed E-state index contributed by atoms with van der Waals surface area (Å²) in [6.07, 6.45) is 5.15. The highest BCUT2D eigenvalue weighted by Crippen LogP contribution is 2.22. The Hall–Kier alpha value is -3.09. The van der Waals surface area contributed by atoms with Crippen molar-refractivity contribution < 1.29 is 9.53 Å². The molecule has 2 aromatic heterocycles. The van der Waals surface area contributed by atoms with E-state index in [1.165, 1.54) is 16.5 Å². The SMILES string of the molecule is CCOc1ccnc(N2CCN(C(=O)CCc3cn(C)c4ccccc34)CC2)n1. The number of nitrogens with zero attached hydrogens (tertiary/aromatic N) is 5. The summed E-state index contributed by atoms with van der Waals surface area (Å²) in [5, 5.41) is 1.24. The van der Waals surface area contributed by atoms with Gasteiger partial charge in [0.25, 0.3) is 0 Å². The van der Waals surface area contributed by atoms with Gasteiger partial charge in [0, 0.05) is 69.0 Å². The van der Waals surface area contributed by atoms with E-state index in [4.69, 9.17) is 4.74 Å². The first-order chi connectivity index (χ1) is 14.2. The second kappa shape index (κ2) is 8.51. The maximum atomic E-state index is 12.7. The first-order valence-corrected chi connectivity index (χ1v) is 10.2. The molecule has 1 aromatic carbocycles. The molecular formula is C22H27N5O2. The number of hydrogen-bond acceptors (Lipinski definition) is 5. The fourth-order valence-corrected chi connectivity index (χ4v) is 3.89. The highest BCUT2D eigenvalue weighted by Gasteiger charge is 2.23. The quantitative estimate of drug-likeness (QED) is 0.644. The molecule has 0 radical (unpaired) electrons. The molecule has 0 N–H and O–H groups in total. The third-order valence-corrected chi connectivity index (χ3v) is 5.41. The fourth-order valence-electron chi connectivity index (χ4n) is 3.89. The Morgan fingerprint density at radius 2 is 1.93 bits per heavy atom. The number of ether oxygens (including phenoxy) is 1. The Morgan fingerprint density at radius 1 is 1.14 bits per heavy atom. The number of hydrogen-bond donors (Lipinski definition) is 0. The van der Waals surface area contributed by atoms with Crippen LogP contribution in [0.15, 0.2) is 42.7 Å². The van der Waals surface area contributed by atoms with Crippen LogP contribution in [-0.2, 0) is 18.3 Å². The molecule has 1 saturated heterocycles. The van der Waals surface area contributed by atoms with Crippen LogP contribution in [0, 0.1) is 0 Å². The summed E-state index contributed by atoms with van der Waals surface area (Å²) in [5.74, 6) is 1.46. The second-order valence-electron chi connectivity index (χ2n) is 7.28. The molecule has 0 aliphatic carbocycles. The maximum absolute atomic E-state index is 12.7. The number of benzene rings is 1. The molecule has 1 aliphatic heterocycles. The molecule has 0 bridgehead atoms. The summed E-state index contributed by atoms with van der Waals surface area (Å²) in [6.45, 7) is 5.36. The van der Waals surface area contributed by atoms with E-state index in [-0.39, 0.29) is 5.91 Å². The summed E-state index contributed by atoms with van der Waals surface area (Å²) < 4.78 is 7.59. The van der Waals surface area contributed by atoms with Crippen LogP contribution in [0.3, 0.4) is 0 Å². The van der Waals surface area contributed by atoms with Gasteiger partial charge in [0.2, 0.25) is 17.7 Å². The Balaban J connectivity index is 1.33. The number of fused-ring (bicyclic) bond motifs is 1. The summed E-state index contributed by atoms with van der Waals surface area (Å²) in [7, 11) is 2.05. The van der Waals surface area contributed by atoms with Gasteiger partial charge in [0.15, 0.2) is 0 Å². The molecule has 1 amide bonds. The van der Waals surface area contributed by atoms with Crippen molar-refractivity contribution in [1.29, 1.82) is 0 Å². The monoisotopic (exact) mass is 393 g/mol. The van der Waals surface area contributed by atoms with Crippen LogP contribution in [0.4, 0.5) is 5.95 Å². The molecule has 0 unspecified atom stereocenters. The normalized spacial score (nSPS) is 14.4. The number of carbonyl (C=O) groups is 1. The van der Waals surface area contributed by atoms with Crippen LogP contribution in [-0.4, -0.2) is 58.1 Å². The molecule has 4 rings (SSSR count). The topological polar surface area (TPSA) is 63.5 Å². The van der Waals surface area contributed by atoms with Gasteiger partial charge in [-0.1, -0.05) is 18.2 Å². The zero-order valence-electron chi connectivity index (χ0n) is 17.0. The minimum absolute atomic E-state index is 0.210. The minimum Gasteiger partial charge on any atom is -0.478 e. The average molecular weight is 393 g/mol. The first kappa shape index (κ1) is 19.2. The van der Waals surface area contributed by atoms with Gasteiger partial charge in [-0.15, -0.1) is 0 Å². The number of aromatic nitrogens is 3. The van der Waals surface area contributed by atoms with E-state index in [1.54, 1.807) is 12.3 Å². The van der Waals surface area contributed by atoms with Crippen LogP contribution in [0.1, 0.15) is 18.9 Å². The molecule has 0 atom stereocenters. The smallest absolute Gasteiger partial charge is 0.228 e. The highest BCUT2D eigenvalue weighted by atomic mass is 16.5. The Bertz CT molecular complexity index is 992. The van der Waals surface area contributed by atoms with E-state index in [0.29, 0.717) is 37.9 Å². The van der Waals surface area contributed by atoms with Crippen LogP contribution in [0.25, 0.3) is 10.9 Å². The van der Waals surface area contributed by atoms with E-state index < -0.39 is 0 Å². The number of rotatable bonds is 6. The Morgan fingerprint density at radius 3 is 2.72 bits per heavy atom. The molecule has 152 valence electrons. The third-order valence-electron chi connectivity index (χ3n) is 5.41. The lowest BCUT2D eigenvalue weighted by molar-refractivity contribution is -0.131. The van der Waals surface area contributed by atoms with Gasteiger partial charge < -0.3 is 19.1 Å². The van der Waals surface area contributed by atoms with Crippen LogP contribution < -0.4 is 9.64 Å². The van der Waals surface area contributed by atoms with Gasteiger partial charge in [-0.05, 0) is 25.0 Å². The molecule has 7 nitrogen and oxygen atoms in total. The summed E-state index contributed by atoms with van der Waals surface area (Å²) >= 11 is 0. The van der Waals surface area contributed by atoms with Crippen LogP contribution in [0.2, 0.25) is 0 Å². The molecule has 7 heteroatoms. The Labute approximate surface area is 170 Å². The van der Waals surface area contributed by atoms with Crippen molar-refractivity contribution in [2.45, 2.75) is 19.8 Å². The average Bonchev–Trinajstić information content (AvgIpc) is 3.08. The molecule has 3 aromatic rings. The van der Waals surface area contributed by atoms with Crippen molar-refractivity contribution in [3.8, 4) is 5.88 Å². The standard InChI is InChI=1S/C22H27N5O2/c1-3-29-20-10-11-23-22(24-20)27-14-12-26(13-15-27)21(28)9-8-17-16-25(2)19-7-5-4-6-18(17)19/h4-7,10-11,16H,3,8-9,12-15H2,1-2H3.